The molecule has 1 aliphatic heterocycles. The number of aromatic nitrogens is 1. The Morgan fingerprint density at radius 2 is 2.00 bits per heavy atom. The largest absolute Gasteiger partial charge is 0.459 e. The lowest BCUT2D eigenvalue weighted by atomic mass is 10.0. The lowest BCUT2D eigenvalue weighted by Gasteiger charge is -2.25. The number of halogens is 1. The van der Waals surface area contributed by atoms with Gasteiger partial charge in [-0.05, 0) is 48.6 Å². The first kappa shape index (κ1) is 19.1. The molecule has 144 valence electrons. The van der Waals surface area contributed by atoms with Crippen LogP contribution < -0.4 is 5.32 Å². The predicted octanol–water partition coefficient (Wildman–Crippen LogP) is 4.72. The van der Waals surface area contributed by atoms with E-state index in [-0.39, 0.29) is 12.1 Å². The highest BCUT2D eigenvalue weighted by atomic mass is 79.9. The molecule has 0 bridgehead atoms. The summed E-state index contributed by atoms with van der Waals surface area (Å²) in [5.41, 5.74) is 1.96. The molecular formula is C21H20BrN3O2S. The molecule has 1 aliphatic rings. The second kappa shape index (κ2) is 8.43. The highest BCUT2D eigenvalue weighted by Gasteiger charge is 2.41. The maximum atomic E-state index is 6.28. The van der Waals surface area contributed by atoms with Gasteiger partial charge in [-0.25, -0.2) is 0 Å². The Morgan fingerprint density at radius 3 is 2.71 bits per heavy atom. The van der Waals surface area contributed by atoms with Gasteiger partial charge in [0.15, 0.2) is 5.11 Å². The van der Waals surface area contributed by atoms with Crippen molar-refractivity contribution in [1.29, 1.82) is 0 Å². The van der Waals surface area contributed by atoms with Crippen molar-refractivity contribution in [2.45, 2.75) is 12.1 Å². The van der Waals surface area contributed by atoms with Gasteiger partial charge in [-0.2, -0.15) is 0 Å². The summed E-state index contributed by atoms with van der Waals surface area (Å²) < 4.78 is 12.6. The minimum atomic E-state index is -0.0956. The molecular weight excluding hydrogens is 438 g/mol. The Labute approximate surface area is 177 Å². The topological polar surface area (TPSA) is 50.5 Å². The fraction of sp³-hybridized carbons (Fsp3) is 0.238. The van der Waals surface area contributed by atoms with Crippen LogP contribution >= 0.6 is 28.1 Å². The van der Waals surface area contributed by atoms with Crippen molar-refractivity contribution < 1.29 is 9.15 Å². The van der Waals surface area contributed by atoms with Crippen molar-refractivity contribution in [3.63, 3.8) is 0 Å². The van der Waals surface area contributed by atoms with Crippen LogP contribution in [0.3, 0.4) is 0 Å². The van der Waals surface area contributed by atoms with Crippen LogP contribution in [0.4, 0.5) is 0 Å². The molecule has 0 aliphatic carbocycles. The van der Waals surface area contributed by atoms with Gasteiger partial charge in [0.2, 0.25) is 0 Å². The molecule has 4 rings (SSSR count). The van der Waals surface area contributed by atoms with Crippen LogP contribution in [0.5, 0.6) is 0 Å². The van der Waals surface area contributed by atoms with E-state index in [4.69, 9.17) is 21.4 Å². The molecule has 2 aromatic heterocycles. The van der Waals surface area contributed by atoms with E-state index < -0.39 is 0 Å². The molecule has 0 amide bonds. The Morgan fingerprint density at radius 1 is 1.18 bits per heavy atom. The van der Waals surface area contributed by atoms with Gasteiger partial charge >= 0.3 is 0 Å². The summed E-state index contributed by atoms with van der Waals surface area (Å²) in [6, 6.07) is 17.8. The molecule has 28 heavy (non-hydrogen) atoms. The van der Waals surface area contributed by atoms with Crippen molar-refractivity contribution in [3.8, 4) is 11.3 Å². The van der Waals surface area contributed by atoms with Gasteiger partial charge in [0.05, 0.1) is 18.3 Å². The van der Waals surface area contributed by atoms with Crippen LogP contribution in [-0.2, 0) is 4.74 Å². The number of benzene rings is 1. The summed E-state index contributed by atoms with van der Waals surface area (Å²) in [7, 11) is 1.69. The highest BCUT2D eigenvalue weighted by Crippen LogP contribution is 2.40. The summed E-state index contributed by atoms with van der Waals surface area (Å²) in [5.74, 6) is 1.67. The molecule has 0 unspecified atom stereocenters. The SMILES string of the molecule is COCCN1C(=S)N[C@@H](c2ccccn2)[C@H]1c1ccc(-c2ccc(Br)cc2)o1. The summed E-state index contributed by atoms with van der Waals surface area (Å²) in [6.07, 6.45) is 1.80. The molecule has 0 radical (unpaired) electrons. The first-order chi connectivity index (χ1) is 13.7. The van der Waals surface area contributed by atoms with Crippen molar-refractivity contribution in [2.75, 3.05) is 20.3 Å². The van der Waals surface area contributed by atoms with E-state index in [1.807, 2.05) is 54.6 Å². The number of thiocarbonyl (C=S) groups is 1. The smallest absolute Gasteiger partial charge is 0.170 e. The van der Waals surface area contributed by atoms with Crippen LogP contribution in [0, 0.1) is 0 Å². The van der Waals surface area contributed by atoms with Gasteiger partial charge in [0.1, 0.15) is 17.6 Å². The Bertz CT molecular complexity index is 946. The van der Waals surface area contributed by atoms with Crippen molar-refractivity contribution in [2.24, 2.45) is 0 Å². The first-order valence-electron chi connectivity index (χ1n) is 9.00. The Balaban J connectivity index is 1.70. The third-order valence-electron chi connectivity index (χ3n) is 4.78. The molecule has 7 heteroatoms. The first-order valence-corrected chi connectivity index (χ1v) is 10.2. The van der Waals surface area contributed by atoms with Gasteiger partial charge in [0, 0.05) is 29.9 Å². The standard InChI is InChI=1S/C21H20BrN3O2S/c1-26-13-12-25-20(19(24-21(25)28)16-4-2-3-11-23-16)18-10-9-17(27-18)14-5-7-15(22)8-6-14/h2-11,19-20H,12-13H2,1H3,(H,24,28)/t19-,20+/m0/s1. The number of ether oxygens (including phenoxy) is 1. The number of nitrogens with one attached hydrogen (secondary N) is 1. The molecule has 3 heterocycles. The van der Waals surface area contributed by atoms with E-state index in [9.17, 15) is 0 Å². The van der Waals surface area contributed by atoms with Gasteiger partial charge in [-0.3, -0.25) is 4.98 Å². The summed E-state index contributed by atoms with van der Waals surface area (Å²) in [5, 5.41) is 4.09. The maximum Gasteiger partial charge on any atom is 0.170 e. The van der Waals surface area contributed by atoms with Crippen LogP contribution in [0.25, 0.3) is 11.3 Å². The normalized spacial score (nSPS) is 19.1. The minimum absolute atomic E-state index is 0.0885. The highest BCUT2D eigenvalue weighted by molar-refractivity contribution is 9.10. The average molecular weight is 458 g/mol. The summed E-state index contributed by atoms with van der Waals surface area (Å²) in [6.45, 7) is 1.25. The van der Waals surface area contributed by atoms with E-state index in [1.165, 1.54) is 0 Å². The molecule has 0 saturated carbocycles. The number of pyridine rings is 1. The van der Waals surface area contributed by atoms with E-state index in [2.05, 4.69) is 31.1 Å². The van der Waals surface area contributed by atoms with Gasteiger partial charge < -0.3 is 19.4 Å². The number of methoxy groups -OCH3 is 1. The zero-order valence-corrected chi connectivity index (χ0v) is 17.7. The van der Waals surface area contributed by atoms with Crippen LogP contribution in [0.15, 0.2) is 69.7 Å². The fourth-order valence-corrected chi connectivity index (χ4v) is 4.02. The minimum Gasteiger partial charge on any atom is -0.459 e. The number of rotatable bonds is 6. The van der Waals surface area contributed by atoms with Gasteiger partial charge in [-0.1, -0.05) is 34.1 Å². The summed E-state index contributed by atoms with van der Waals surface area (Å²) in [4.78, 5) is 6.65. The number of nitrogens with zero attached hydrogens (tertiary/aromatic N) is 2. The molecule has 3 aromatic rings. The van der Waals surface area contributed by atoms with E-state index in [0.717, 1.165) is 27.3 Å². The van der Waals surface area contributed by atoms with Gasteiger partial charge in [0.25, 0.3) is 0 Å². The fourth-order valence-electron chi connectivity index (χ4n) is 3.43. The number of hydrogen-bond donors (Lipinski definition) is 1. The van der Waals surface area contributed by atoms with Crippen LogP contribution in [0.2, 0.25) is 0 Å². The van der Waals surface area contributed by atoms with E-state index in [1.54, 1.807) is 13.3 Å². The van der Waals surface area contributed by atoms with Crippen molar-refractivity contribution in [1.82, 2.24) is 15.2 Å². The van der Waals surface area contributed by atoms with E-state index >= 15 is 0 Å². The number of furan rings is 1. The van der Waals surface area contributed by atoms with Crippen molar-refractivity contribution >= 4 is 33.3 Å². The van der Waals surface area contributed by atoms with E-state index in [0.29, 0.717) is 18.3 Å². The van der Waals surface area contributed by atoms with Crippen LogP contribution in [-0.4, -0.2) is 35.3 Å². The molecule has 0 spiro atoms. The second-order valence-corrected chi connectivity index (χ2v) is 7.82. The molecule has 1 N–H and O–H groups in total. The Kier molecular flexibility index (Phi) is 5.75. The van der Waals surface area contributed by atoms with Gasteiger partial charge in [-0.15, -0.1) is 0 Å². The lowest BCUT2D eigenvalue weighted by Crippen LogP contribution is -2.32. The monoisotopic (exact) mass is 457 g/mol. The quantitative estimate of drug-likeness (QED) is 0.540. The maximum absolute atomic E-state index is 6.28. The number of hydrogen-bond acceptors (Lipinski definition) is 4. The van der Waals surface area contributed by atoms with Crippen LogP contribution in [0.1, 0.15) is 23.5 Å². The molecule has 5 nitrogen and oxygen atoms in total. The van der Waals surface area contributed by atoms with Crippen molar-refractivity contribution in [3.05, 3.63) is 76.7 Å². The molecule has 1 aromatic carbocycles. The average Bonchev–Trinajstić information content (AvgIpc) is 3.32. The third-order valence-corrected chi connectivity index (χ3v) is 5.66. The molecule has 2 atom stereocenters. The zero-order valence-electron chi connectivity index (χ0n) is 15.3. The summed E-state index contributed by atoms with van der Waals surface area (Å²) >= 11 is 9.08. The Hall–Kier alpha value is -2.22. The molecule has 1 saturated heterocycles. The zero-order chi connectivity index (χ0) is 19.5. The lowest BCUT2D eigenvalue weighted by molar-refractivity contribution is 0.158. The predicted molar refractivity (Wildman–Crippen MR) is 116 cm³/mol. The molecule has 1 fully saturated rings. The third kappa shape index (κ3) is 3.83. The second-order valence-electron chi connectivity index (χ2n) is 6.52.